The highest BCUT2D eigenvalue weighted by Gasteiger charge is 2.30. The molecular weight excluding hydrogens is 459 g/mol. The van der Waals surface area contributed by atoms with E-state index in [4.69, 9.17) is 21.4 Å². The first-order valence-electron chi connectivity index (χ1n) is 11.9. The van der Waals surface area contributed by atoms with Crippen LogP contribution in [-0.2, 0) is 16.0 Å². The minimum absolute atomic E-state index is 0.144. The van der Waals surface area contributed by atoms with Crippen molar-refractivity contribution in [2.45, 2.75) is 57.4 Å². The number of anilines is 2. The Morgan fingerprint density at radius 3 is 2.53 bits per heavy atom. The van der Waals surface area contributed by atoms with Crippen molar-refractivity contribution in [2.24, 2.45) is 5.92 Å². The van der Waals surface area contributed by atoms with E-state index in [-0.39, 0.29) is 22.9 Å². The number of hydrogen-bond donors (Lipinski definition) is 2. The molecule has 182 valence electrons. The molecule has 2 saturated carbocycles. The van der Waals surface area contributed by atoms with Crippen molar-refractivity contribution in [1.82, 2.24) is 0 Å². The number of benzene rings is 2. The van der Waals surface area contributed by atoms with Gasteiger partial charge in [0.2, 0.25) is 5.91 Å². The number of carboxylic acids is 1. The van der Waals surface area contributed by atoms with Crippen LogP contribution in [0.4, 0.5) is 15.8 Å². The maximum atomic E-state index is 14.2. The Morgan fingerprint density at radius 2 is 1.85 bits per heavy atom. The largest absolute Gasteiger partial charge is 0.482 e. The lowest BCUT2D eigenvalue weighted by Crippen LogP contribution is -2.39. The molecule has 0 unspecified atom stereocenters. The van der Waals surface area contributed by atoms with Gasteiger partial charge in [0, 0.05) is 23.7 Å². The number of rotatable bonds is 10. The highest BCUT2D eigenvalue weighted by Crippen LogP contribution is 2.39. The smallest absolute Gasteiger partial charge is 0.341 e. The van der Waals surface area contributed by atoms with Crippen molar-refractivity contribution in [3.05, 3.63) is 52.8 Å². The number of ether oxygens (including phenoxy) is 1. The van der Waals surface area contributed by atoms with Crippen LogP contribution < -0.4 is 15.0 Å². The fourth-order valence-electron chi connectivity index (χ4n) is 4.55. The lowest BCUT2D eigenvalue weighted by atomic mass is 9.93. The van der Waals surface area contributed by atoms with Crippen molar-refractivity contribution in [1.29, 1.82) is 0 Å². The summed E-state index contributed by atoms with van der Waals surface area (Å²) in [5, 5.41) is 12.2. The second kappa shape index (κ2) is 11.1. The summed E-state index contributed by atoms with van der Waals surface area (Å²) in [6.45, 7) is 0.450. The van der Waals surface area contributed by atoms with E-state index in [1.807, 2.05) is 6.07 Å². The SMILES string of the molecule is O=C(O)COc1ccc(N(CC2CC2)C2CCCCC2)c(NC(=O)Cc2ccc(Cl)cc2F)c1. The Kier molecular flexibility index (Phi) is 7.93. The first-order chi connectivity index (χ1) is 16.4. The second-order valence-electron chi connectivity index (χ2n) is 9.21. The van der Waals surface area contributed by atoms with Gasteiger partial charge in [0.1, 0.15) is 11.6 Å². The minimum atomic E-state index is -1.08. The van der Waals surface area contributed by atoms with Gasteiger partial charge in [0.25, 0.3) is 0 Å². The number of aliphatic carboxylic acids is 1. The summed E-state index contributed by atoms with van der Waals surface area (Å²) in [4.78, 5) is 26.3. The van der Waals surface area contributed by atoms with Crippen LogP contribution in [0.3, 0.4) is 0 Å². The van der Waals surface area contributed by atoms with Gasteiger partial charge in [-0.05, 0) is 61.4 Å². The third-order valence-electron chi connectivity index (χ3n) is 6.45. The molecule has 34 heavy (non-hydrogen) atoms. The molecule has 0 atom stereocenters. The van der Waals surface area contributed by atoms with E-state index in [0.29, 0.717) is 23.4 Å². The molecule has 0 radical (unpaired) electrons. The van der Waals surface area contributed by atoms with Crippen LogP contribution in [0, 0.1) is 11.7 Å². The van der Waals surface area contributed by atoms with Crippen molar-refractivity contribution in [3.8, 4) is 5.75 Å². The molecule has 2 aromatic carbocycles. The summed E-state index contributed by atoms with van der Waals surface area (Å²) >= 11 is 5.83. The van der Waals surface area contributed by atoms with E-state index in [1.54, 1.807) is 18.2 Å². The number of nitrogens with zero attached hydrogens (tertiary/aromatic N) is 1. The highest BCUT2D eigenvalue weighted by atomic mass is 35.5. The quantitative estimate of drug-likeness (QED) is 0.450. The van der Waals surface area contributed by atoms with Crippen LogP contribution >= 0.6 is 11.6 Å². The summed E-state index contributed by atoms with van der Waals surface area (Å²) in [5.41, 5.74) is 1.70. The lowest BCUT2D eigenvalue weighted by Gasteiger charge is -2.37. The molecule has 0 aliphatic heterocycles. The van der Waals surface area contributed by atoms with Crippen LogP contribution in [-0.4, -0.2) is 36.2 Å². The Balaban J connectivity index is 1.60. The predicted molar refractivity (Wildman–Crippen MR) is 130 cm³/mol. The highest BCUT2D eigenvalue weighted by molar-refractivity contribution is 6.30. The zero-order valence-electron chi connectivity index (χ0n) is 19.1. The lowest BCUT2D eigenvalue weighted by molar-refractivity contribution is -0.139. The third-order valence-corrected chi connectivity index (χ3v) is 6.68. The van der Waals surface area contributed by atoms with E-state index < -0.39 is 18.4 Å². The summed E-state index contributed by atoms with van der Waals surface area (Å²) in [5.74, 6) is -0.969. The topological polar surface area (TPSA) is 78.9 Å². The van der Waals surface area contributed by atoms with Crippen LogP contribution in [0.2, 0.25) is 5.02 Å². The molecule has 4 rings (SSSR count). The fourth-order valence-corrected chi connectivity index (χ4v) is 4.71. The maximum Gasteiger partial charge on any atom is 0.341 e. The zero-order valence-corrected chi connectivity index (χ0v) is 19.8. The summed E-state index contributed by atoms with van der Waals surface area (Å²) in [6, 6.07) is 9.95. The van der Waals surface area contributed by atoms with Gasteiger partial charge in [0.05, 0.1) is 17.8 Å². The monoisotopic (exact) mass is 488 g/mol. The molecule has 0 spiro atoms. The van der Waals surface area contributed by atoms with E-state index >= 15 is 0 Å². The fraction of sp³-hybridized carbons (Fsp3) is 0.462. The molecule has 0 bridgehead atoms. The van der Waals surface area contributed by atoms with Crippen LogP contribution in [0.1, 0.15) is 50.5 Å². The number of carbonyl (C=O) groups excluding carboxylic acids is 1. The Bertz CT molecular complexity index is 1040. The summed E-state index contributed by atoms with van der Waals surface area (Å²) in [6.07, 6.45) is 8.09. The number of carboxylic acid groups (broad SMARTS) is 1. The molecule has 2 fully saturated rings. The Morgan fingerprint density at radius 1 is 1.09 bits per heavy atom. The molecule has 0 heterocycles. The van der Waals surface area contributed by atoms with Crippen LogP contribution in [0.5, 0.6) is 5.75 Å². The van der Waals surface area contributed by atoms with Gasteiger partial charge in [0.15, 0.2) is 6.61 Å². The third kappa shape index (κ3) is 6.63. The van der Waals surface area contributed by atoms with Gasteiger partial charge < -0.3 is 20.1 Å². The van der Waals surface area contributed by atoms with Crippen molar-refractivity contribution in [2.75, 3.05) is 23.4 Å². The van der Waals surface area contributed by atoms with Gasteiger partial charge in [-0.15, -0.1) is 0 Å². The van der Waals surface area contributed by atoms with E-state index in [2.05, 4.69) is 10.2 Å². The molecule has 2 N–H and O–H groups in total. The molecule has 2 aromatic rings. The number of amides is 1. The van der Waals surface area contributed by atoms with Gasteiger partial charge in [-0.3, -0.25) is 4.79 Å². The average molecular weight is 489 g/mol. The standard InChI is InChI=1S/C26H30ClFN2O4/c27-19-9-8-18(22(28)13-19)12-25(31)29-23-14-21(34-16-26(32)33)10-11-24(23)30(15-17-6-7-17)20-4-2-1-3-5-20/h8-11,13-14,17,20H,1-7,12,15-16H2,(H,29,31)(H,32,33). The van der Waals surface area contributed by atoms with E-state index in [0.717, 1.165) is 25.1 Å². The molecule has 8 heteroatoms. The molecule has 6 nitrogen and oxygen atoms in total. The van der Waals surface area contributed by atoms with E-state index in [1.165, 1.54) is 44.2 Å². The van der Waals surface area contributed by atoms with Crippen molar-refractivity contribution >= 4 is 34.9 Å². The minimum Gasteiger partial charge on any atom is -0.482 e. The summed E-state index contributed by atoms with van der Waals surface area (Å²) in [7, 11) is 0. The van der Waals surface area contributed by atoms with Crippen LogP contribution in [0.25, 0.3) is 0 Å². The van der Waals surface area contributed by atoms with Crippen molar-refractivity contribution < 1.29 is 23.8 Å². The Labute approximate surface area is 204 Å². The number of carbonyl (C=O) groups is 2. The normalized spacial score (nSPS) is 16.2. The van der Waals surface area contributed by atoms with Crippen molar-refractivity contribution in [3.63, 3.8) is 0 Å². The van der Waals surface area contributed by atoms with Gasteiger partial charge in [-0.1, -0.05) is 36.9 Å². The van der Waals surface area contributed by atoms with Crippen LogP contribution in [0.15, 0.2) is 36.4 Å². The summed E-state index contributed by atoms with van der Waals surface area (Å²) < 4.78 is 19.6. The predicted octanol–water partition coefficient (Wildman–Crippen LogP) is 5.67. The first-order valence-corrected chi connectivity index (χ1v) is 12.3. The number of halogens is 2. The number of hydrogen-bond acceptors (Lipinski definition) is 4. The van der Waals surface area contributed by atoms with E-state index in [9.17, 15) is 14.0 Å². The van der Waals surface area contributed by atoms with Gasteiger partial charge in [-0.2, -0.15) is 0 Å². The molecular formula is C26H30ClFN2O4. The molecule has 0 saturated heterocycles. The van der Waals surface area contributed by atoms with Gasteiger partial charge >= 0.3 is 5.97 Å². The average Bonchev–Trinajstić information content (AvgIpc) is 3.63. The number of nitrogens with one attached hydrogen (secondary N) is 1. The second-order valence-corrected chi connectivity index (χ2v) is 9.65. The molecule has 2 aliphatic rings. The zero-order chi connectivity index (χ0) is 24.1. The van der Waals surface area contributed by atoms with Gasteiger partial charge in [-0.25, -0.2) is 9.18 Å². The first kappa shape index (κ1) is 24.3. The molecule has 1 amide bonds. The molecule has 0 aromatic heterocycles. The Hall–Kier alpha value is -2.80. The maximum absolute atomic E-state index is 14.2. The molecule has 2 aliphatic carbocycles.